The van der Waals surface area contributed by atoms with Crippen molar-refractivity contribution in [1.29, 1.82) is 0 Å². The molecule has 1 aromatic rings. The first-order chi connectivity index (χ1) is 6.38. The Morgan fingerprint density at radius 3 is 2.69 bits per heavy atom. The molecule has 0 aliphatic carbocycles. The number of piperidine rings is 1. The second kappa shape index (κ2) is 4.16. The van der Waals surface area contributed by atoms with Gasteiger partial charge in [-0.3, -0.25) is 4.90 Å². The molecule has 0 spiro atoms. The molecule has 1 aliphatic rings. The van der Waals surface area contributed by atoms with Gasteiger partial charge in [0.05, 0.1) is 6.26 Å². The molecular weight excluding hydrogens is 186 g/mol. The minimum atomic E-state index is -0.0738. The Bertz CT molecular complexity index is 241. The van der Waals surface area contributed by atoms with Gasteiger partial charge in [-0.15, -0.1) is 0 Å². The van der Waals surface area contributed by atoms with Crippen molar-refractivity contribution in [2.45, 2.75) is 24.8 Å². The highest BCUT2D eigenvalue weighted by atomic mass is 35.5. The fraction of sp³-hybridized carbons (Fsp3) is 0.600. The van der Waals surface area contributed by atoms with Crippen LogP contribution < -0.4 is 0 Å². The molecule has 0 aromatic carbocycles. The Labute approximate surface area is 83.5 Å². The number of alkyl halides is 1. The van der Waals surface area contributed by atoms with E-state index in [0.29, 0.717) is 0 Å². The van der Waals surface area contributed by atoms with E-state index in [-0.39, 0.29) is 5.50 Å². The van der Waals surface area contributed by atoms with E-state index in [2.05, 4.69) is 4.90 Å². The summed E-state index contributed by atoms with van der Waals surface area (Å²) >= 11 is 6.26. The van der Waals surface area contributed by atoms with Gasteiger partial charge in [-0.05, 0) is 38.1 Å². The summed E-state index contributed by atoms with van der Waals surface area (Å²) in [5.41, 5.74) is -0.0738. The Kier molecular flexibility index (Phi) is 2.91. The number of hydrogen-bond acceptors (Lipinski definition) is 2. The van der Waals surface area contributed by atoms with Gasteiger partial charge in [0.2, 0.25) is 0 Å². The van der Waals surface area contributed by atoms with Gasteiger partial charge in [0, 0.05) is 0 Å². The van der Waals surface area contributed by atoms with Crippen LogP contribution in [0.3, 0.4) is 0 Å². The van der Waals surface area contributed by atoms with E-state index in [9.17, 15) is 0 Å². The normalized spacial score (nSPS) is 21.6. The summed E-state index contributed by atoms with van der Waals surface area (Å²) in [6.45, 7) is 2.18. The van der Waals surface area contributed by atoms with Gasteiger partial charge in [0.1, 0.15) is 11.3 Å². The molecule has 0 saturated carbocycles. The zero-order valence-corrected chi connectivity index (χ0v) is 8.33. The highest BCUT2D eigenvalue weighted by Gasteiger charge is 2.21. The van der Waals surface area contributed by atoms with Crippen LogP contribution in [0.2, 0.25) is 0 Å². The van der Waals surface area contributed by atoms with E-state index in [1.807, 2.05) is 12.1 Å². The summed E-state index contributed by atoms with van der Waals surface area (Å²) in [4.78, 5) is 2.27. The first kappa shape index (κ1) is 9.10. The predicted molar refractivity (Wildman–Crippen MR) is 52.7 cm³/mol. The number of halogens is 1. The molecule has 1 fully saturated rings. The van der Waals surface area contributed by atoms with Crippen LogP contribution in [0.1, 0.15) is 30.5 Å². The van der Waals surface area contributed by atoms with Gasteiger partial charge in [0.15, 0.2) is 0 Å². The van der Waals surface area contributed by atoms with Gasteiger partial charge in [-0.25, -0.2) is 0 Å². The first-order valence-electron chi connectivity index (χ1n) is 4.79. The molecule has 0 bridgehead atoms. The third-order valence-electron chi connectivity index (χ3n) is 2.49. The van der Waals surface area contributed by atoms with E-state index < -0.39 is 0 Å². The molecule has 72 valence electrons. The minimum Gasteiger partial charge on any atom is -0.466 e. The average molecular weight is 200 g/mol. The number of nitrogens with zero attached hydrogens (tertiary/aromatic N) is 1. The van der Waals surface area contributed by atoms with Crippen LogP contribution in [0.4, 0.5) is 0 Å². The molecule has 2 heterocycles. The molecule has 0 radical (unpaired) electrons. The Morgan fingerprint density at radius 2 is 2.08 bits per heavy atom. The lowest BCUT2D eigenvalue weighted by molar-refractivity contribution is 0.194. The van der Waals surface area contributed by atoms with E-state index >= 15 is 0 Å². The smallest absolute Gasteiger partial charge is 0.144 e. The maximum absolute atomic E-state index is 6.26. The molecular formula is C10H14ClNO. The quantitative estimate of drug-likeness (QED) is 0.538. The fourth-order valence-electron chi connectivity index (χ4n) is 1.75. The Morgan fingerprint density at radius 1 is 1.31 bits per heavy atom. The van der Waals surface area contributed by atoms with Crippen molar-refractivity contribution < 1.29 is 4.42 Å². The SMILES string of the molecule is ClC(c1ccco1)N1CCCCC1. The van der Waals surface area contributed by atoms with E-state index in [0.717, 1.165) is 18.8 Å². The molecule has 0 N–H and O–H groups in total. The summed E-state index contributed by atoms with van der Waals surface area (Å²) in [7, 11) is 0. The largest absolute Gasteiger partial charge is 0.466 e. The number of furan rings is 1. The van der Waals surface area contributed by atoms with Crippen molar-refractivity contribution in [2.24, 2.45) is 0 Å². The molecule has 2 rings (SSSR count). The van der Waals surface area contributed by atoms with Crippen LogP contribution in [0.15, 0.2) is 22.8 Å². The average Bonchev–Trinajstić information content (AvgIpc) is 2.71. The van der Waals surface area contributed by atoms with Crippen LogP contribution in [-0.2, 0) is 0 Å². The molecule has 13 heavy (non-hydrogen) atoms. The highest BCUT2D eigenvalue weighted by molar-refractivity contribution is 6.20. The highest BCUT2D eigenvalue weighted by Crippen LogP contribution is 2.27. The van der Waals surface area contributed by atoms with Gasteiger partial charge in [-0.1, -0.05) is 18.0 Å². The number of likely N-dealkylation sites (tertiary alicyclic amines) is 1. The van der Waals surface area contributed by atoms with Gasteiger partial charge in [-0.2, -0.15) is 0 Å². The van der Waals surface area contributed by atoms with Crippen molar-refractivity contribution in [2.75, 3.05) is 13.1 Å². The third kappa shape index (κ3) is 2.06. The maximum Gasteiger partial charge on any atom is 0.144 e. The van der Waals surface area contributed by atoms with Crippen molar-refractivity contribution >= 4 is 11.6 Å². The zero-order chi connectivity index (χ0) is 9.10. The van der Waals surface area contributed by atoms with Crippen LogP contribution in [0, 0.1) is 0 Å². The second-order valence-corrected chi connectivity index (χ2v) is 3.86. The summed E-state index contributed by atoms with van der Waals surface area (Å²) < 4.78 is 5.27. The van der Waals surface area contributed by atoms with E-state index in [4.69, 9.17) is 16.0 Å². The monoisotopic (exact) mass is 199 g/mol. The first-order valence-corrected chi connectivity index (χ1v) is 5.23. The minimum absolute atomic E-state index is 0.0738. The summed E-state index contributed by atoms with van der Waals surface area (Å²) in [6, 6.07) is 3.82. The fourth-order valence-corrected chi connectivity index (χ4v) is 2.07. The zero-order valence-electron chi connectivity index (χ0n) is 7.58. The third-order valence-corrected chi connectivity index (χ3v) is 2.98. The van der Waals surface area contributed by atoms with Gasteiger partial charge < -0.3 is 4.42 Å². The second-order valence-electron chi connectivity index (χ2n) is 3.45. The Balaban J connectivity index is 1.99. The van der Waals surface area contributed by atoms with Crippen molar-refractivity contribution in [3.8, 4) is 0 Å². The molecule has 1 aliphatic heterocycles. The lowest BCUT2D eigenvalue weighted by Crippen LogP contribution is -2.30. The van der Waals surface area contributed by atoms with Crippen LogP contribution in [0.25, 0.3) is 0 Å². The summed E-state index contributed by atoms with van der Waals surface area (Å²) in [6.07, 6.45) is 5.51. The maximum atomic E-state index is 6.26. The summed E-state index contributed by atoms with van der Waals surface area (Å²) in [5.74, 6) is 0.864. The molecule has 1 atom stereocenters. The van der Waals surface area contributed by atoms with Gasteiger partial charge >= 0.3 is 0 Å². The molecule has 3 heteroatoms. The Hall–Kier alpha value is -0.470. The predicted octanol–water partition coefficient (Wildman–Crippen LogP) is 3.00. The number of rotatable bonds is 2. The van der Waals surface area contributed by atoms with Crippen molar-refractivity contribution in [3.05, 3.63) is 24.2 Å². The topological polar surface area (TPSA) is 16.4 Å². The van der Waals surface area contributed by atoms with Crippen molar-refractivity contribution in [3.63, 3.8) is 0 Å². The van der Waals surface area contributed by atoms with Crippen molar-refractivity contribution in [1.82, 2.24) is 4.90 Å². The van der Waals surface area contributed by atoms with Crippen LogP contribution in [-0.4, -0.2) is 18.0 Å². The van der Waals surface area contributed by atoms with Crippen LogP contribution in [0.5, 0.6) is 0 Å². The molecule has 1 aromatic heterocycles. The standard InChI is InChI=1S/C10H14ClNO/c11-10(9-5-4-8-13-9)12-6-2-1-3-7-12/h4-5,8,10H,1-3,6-7H2. The van der Waals surface area contributed by atoms with E-state index in [1.165, 1.54) is 19.3 Å². The van der Waals surface area contributed by atoms with Crippen LogP contribution >= 0.6 is 11.6 Å². The number of hydrogen-bond donors (Lipinski definition) is 0. The molecule has 1 unspecified atom stereocenters. The molecule has 0 amide bonds. The lowest BCUT2D eigenvalue weighted by Gasteiger charge is -2.29. The van der Waals surface area contributed by atoms with Gasteiger partial charge in [0.25, 0.3) is 0 Å². The molecule has 1 saturated heterocycles. The lowest BCUT2D eigenvalue weighted by atomic mass is 10.1. The van der Waals surface area contributed by atoms with E-state index in [1.54, 1.807) is 6.26 Å². The summed E-state index contributed by atoms with van der Waals surface area (Å²) in [5, 5.41) is 0. The molecule has 2 nitrogen and oxygen atoms in total.